The SMILES string of the molecule is C=c1nc(-c2cccnc2N)n(-c2ccc(C3(N)CCC3)cc2)c1=CCC. The average Bonchev–Trinajstić information content (AvgIpc) is 2.97. The minimum Gasteiger partial charge on any atom is -0.383 e. The lowest BCUT2D eigenvalue weighted by Crippen LogP contribution is -2.43. The molecular weight excluding hydrogens is 334 g/mol. The Balaban J connectivity index is 1.90. The predicted octanol–water partition coefficient (Wildman–Crippen LogP) is 2.46. The number of benzene rings is 1. The van der Waals surface area contributed by atoms with Crippen molar-refractivity contribution in [2.24, 2.45) is 5.73 Å². The minimum atomic E-state index is -0.167. The summed E-state index contributed by atoms with van der Waals surface area (Å²) in [6.07, 6.45) is 8.00. The number of anilines is 1. The molecule has 0 radical (unpaired) electrons. The number of rotatable bonds is 4. The van der Waals surface area contributed by atoms with Gasteiger partial charge in [0.1, 0.15) is 11.6 Å². The van der Waals surface area contributed by atoms with Crippen LogP contribution in [0.5, 0.6) is 0 Å². The van der Waals surface area contributed by atoms with Gasteiger partial charge in [0.15, 0.2) is 0 Å². The Bertz CT molecular complexity index is 1070. The maximum Gasteiger partial charge on any atom is 0.149 e. The summed E-state index contributed by atoms with van der Waals surface area (Å²) in [4.78, 5) is 8.93. The molecule has 0 unspecified atom stereocenters. The van der Waals surface area contributed by atoms with Crippen LogP contribution in [0, 0.1) is 0 Å². The third-order valence-corrected chi connectivity index (χ3v) is 5.41. The van der Waals surface area contributed by atoms with Crippen LogP contribution < -0.4 is 22.2 Å². The Morgan fingerprint density at radius 3 is 2.56 bits per heavy atom. The van der Waals surface area contributed by atoms with E-state index in [1.54, 1.807) is 6.20 Å². The zero-order chi connectivity index (χ0) is 19.0. The molecule has 1 aliphatic carbocycles. The second-order valence-corrected chi connectivity index (χ2v) is 7.21. The fraction of sp³-hybridized carbons (Fsp3) is 0.273. The highest BCUT2D eigenvalue weighted by Crippen LogP contribution is 2.38. The first-order valence-electron chi connectivity index (χ1n) is 9.42. The maximum absolute atomic E-state index is 6.48. The lowest BCUT2D eigenvalue weighted by molar-refractivity contribution is 0.253. The molecule has 0 bridgehead atoms. The van der Waals surface area contributed by atoms with E-state index in [4.69, 9.17) is 16.5 Å². The second-order valence-electron chi connectivity index (χ2n) is 7.21. The van der Waals surface area contributed by atoms with Crippen LogP contribution in [-0.4, -0.2) is 14.5 Å². The molecule has 0 amide bonds. The number of nitrogens with two attached hydrogens (primary N) is 2. The number of hydrogen-bond donors (Lipinski definition) is 2. The van der Waals surface area contributed by atoms with Gasteiger partial charge < -0.3 is 11.5 Å². The first kappa shape index (κ1) is 17.5. The van der Waals surface area contributed by atoms with Crippen molar-refractivity contribution in [3.63, 3.8) is 0 Å². The van der Waals surface area contributed by atoms with Gasteiger partial charge in [-0.05, 0) is 55.5 Å². The zero-order valence-corrected chi connectivity index (χ0v) is 15.7. The van der Waals surface area contributed by atoms with Gasteiger partial charge in [0.05, 0.1) is 16.3 Å². The van der Waals surface area contributed by atoms with Crippen molar-refractivity contribution in [2.75, 3.05) is 5.73 Å². The predicted molar refractivity (Wildman–Crippen MR) is 110 cm³/mol. The van der Waals surface area contributed by atoms with Crippen LogP contribution in [-0.2, 0) is 5.54 Å². The van der Waals surface area contributed by atoms with E-state index in [9.17, 15) is 0 Å². The highest BCUT2D eigenvalue weighted by Gasteiger charge is 2.34. The molecule has 138 valence electrons. The summed E-state index contributed by atoms with van der Waals surface area (Å²) in [5.74, 6) is 1.21. The number of nitrogens with zero attached hydrogens (tertiary/aromatic N) is 3. The minimum absolute atomic E-state index is 0.167. The van der Waals surface area contributed by atoms with Crippen molar-refractivity contribution in [1.82, 2.24) is 14.5 Å². The Kier molecular flexibility index (Phi) is 4.32. The number of aromatic nitrogens is 3. The van der Waals surface area contributed by atoms with Crippen LogP contribution in [0.25, 0.3) is 29.7 Å². The van der Waals surface area contributed by atoms with Gasteiger partial charge in [0.2, 0.25) is 0 Å². The smallest absolute Gasteiger partial charge is 0.149 e. The molecule has 1 aromatic carbocycles. The Hall–Kier alpha value is -2.92. The van der Waals surface area contributed by atoms with E-state index in [2.05, 4.69) is 53.4 Å². The molecule has 1 fully saturated rings. The monoisotopic (exact) mass is 359 g/mol. The molecule has 1 saturated carbocycles. The second kappa shape index (κ2) is 6.67. The lowest BCUT2D eigenvalue weighted by atomic mass is 9.73. The van der Waals surface area contributed by atoms with E-state index >= 15 is 0 Å². The van der Waals surface area contributed by atoms with E-state index in [1.165, 1.54) is 12.0 Å². The summed E-state index contributed by atoms with van der Waals surface area (Å²) in [6, 6.07) is 12.3. The van der Waals surface area contributed by atoms with Crippen LogP contribution in [0.15, 0.2) is 42.6 Å². The standard InChI is InChI=1S/C22H25N5/c1-3-6-19-15(2)26-21(18-7-4-14-25-20(18)23)27(19)17-10-8-16(9-11-17)22(24)12-5-13-22/h4,6-11,14H,2-3,5,12-13,24H2,1H3,(H2,23,25). The highest BCUT2D eigenvalue weighted by atomic mass is 15.1. The molecule has 0 saturated heterocycles. The van der Waals surface area contributed by atoms with Gasteiger partial charge in [-0.15, -0.1) is 0 Å². The van der Waals surface area contributed by atoms with Crippen molar-refractivity contribution >= 4 is 18.5 Å². The van der Waals surface area contributed by atoms with E-state index in [0.29, 0.717) is 5.82 Å². The third-order valence-electron chi connectivity index (χ3n) is 5.41. The molecule has 4 N–H and O–H groups in total. The van der Waals surface area contributed by atoms with Gasteiger partial charge in [-0.3, -0.25) is 4.57 Å². The molecule has 5 heteroatoms. The molecule has 2 heterocycles. The molecule has 3 aromatic rings. The lowest BCUT2D eigenvalue weighted by Gasteiger charge is -2.38. The molecule has 0 spiro atoms. The van der Waals surface area contributed by atoms with E-state index < -0.39 is 0 Å². The summed E-state index contributed by atoms with van der Waals surface area (Å²) in [5, 5.41) is 1.71. The fourth-order valence-corrected chi connectivity index (χ4v) is 3.72. The molecule has 5 nitrogen and oxygen atoms in total. The van der Waals surface area contributed by atoms with Crippen molar-refractivity contribution in [2.45, 2.75) is 38.1 Å². The van der Waals surface area contributed by atoms with Crippen LogP contribution >= 0.6 is 0 Å². The molecule has 0 atom stereocenters. The van der Waals surface area contributed by atoms with Gasteiger partial charge in [0.25, 0.3) is 0 Å². The van der Waals surface area contributed by atoms with Gasteiger partial charge in [-0.2, -0.15) is 0 Å². The van der Waals surface area contributed by atoms with Crippen molar-refractivity contribution in [3.8, 4) is 17.1 Å². The van der Waals surface area contributed by atoms with Gasteiger partial charge in [0, 0.05) is 17.4 Å². The number of hydrogen-bond acceptors (Lipinski definition) is 4. The van der Waals surface area contributed by atoms with Crippen LogP contribution in [0.3, 0.4) is 0 Å². The fourth-order valence-electron chi connectivity index (χ4n) is 3.72. The third kappa shape index (κ3) is 2.94. The normalized spacial score (nSPS) is 16.3. The summed E-state index contributed by atoms with van der Waals surface area (Å²) >= 11 is 0. The van der Waals surface area contributed by atoms with Gasteiger partial charge >= 0.3 is 0 Å². The molecule has 2 aromatic heterocycles. The number of imidazole rings is 1. The summed E-state index contributed by atoms with van der Waals surface area (Å²) in [7, 11) is 0. The Morgan fingerprint density at radius 2 is 1.96 bits per heavy atom. The first-order chi connectivity index (χ1) is 13.0. The maximum atomic E-state index is 6.48. The van der Waals surface area contributed by atoms with Gasteiger partial charge in [-0.1, -0.05) is 31.7 Å². The quantitative estimate of drug-likeness (QED) is 0.750. The molecule has 27 heavy (non-hydrogen) atoms. The van der Waals surface area contributed by atoms with Gasteiger partial charge in [-0.25, -0.2) is 9.97 Å². The zero-order valence-electron chi connectivity index (χ0n) is 15.7. The van der Waals surface area contributed by atoms with Crippen molar-refractivity contribution in [1.29, 1.82) is 0 Å². The van der Waals surface area contributed by atoms with Crippen LogP contribution in [0.2, 0.25) is 0 Å². The van der Waals surface area contributed by atoms with E-state index in [1.807, 2.05) is 12.1 Å². The van der Waals surface area contributed by atoms with E-state index in [0.717, 1.165) is 47.0 Å². The van der Waals surface area contributed by atoms with Crippen LogP contribution in [0.4, 0.5) is 5.82 Å². The van der Waals surface area contributed by atoms with Crippen LogP contribution in [0.1, 0.15) is 38.2 Å². The molecule has 4 rings (SSSR count). The van der Waals surface area contributed by atoms with E-state index in [-0.39, 0.29) is 5.54 Å². The molecular formula is C22H25N5. The topological polar surface area (TPSA) is 82.8 Å². The molecule has 1 aliphatic rings. The summed E-state index contributed by atoms with van der Waals surface area (Å²) in [5.41, 5.74) is 15.4. The summed E-state index contributed by atoms with van der Waals surface area (Å²) in [6.45, 7) is 6.24. The average molecular weight is 359 g/mol. The number of nitrogen functional groups attached to an aromatic ring is 1. The number of pyridine rings is 1. The first-order valence-corrected chi connectivity index (χ1v) is 9.42. The van der Waals surface area contributed by atoms with Crippen molar-refractivity contribution < 1.29 is 0 Å². The Morgan fingerprint density at radius 1 is 1.22 bits per heavy atom. The molecule has 0 aliphatic heterocycles. The van der Waals surface area contributed by atoms with Crippen molar-refractivity contribution in [3.05, 3.63) is 58.9 Å². The Labute approximate surface area is 159 Å². The largest absolute Gasteiger partial charge is 0.383 e. The highest BCUT2D eigenvalue weighted by molar-refractivity contribution is 5.70. The summed E-state index contributed by atoms with van der Waals surface area (Å²) < 4.78 is 2.10.